The van der Waals surface area contributed by atoms with Crippen LogP contribution >= 0.6 is 0 Å². The molecule has 0 spiro atoms. The summed E-state index contributed by atoms with van der Waals surface area (Å²) in [5.74, 6) is 1.41. The lowest BCUT2D eigenvalue weighted by molar-refractivity contribution is 0.731. The predicted molar refractivity (Wildman–Crippen MR) is 52.8 cm³/mol. The maximum absolute atomic E-state index is 2.28. The fourth-order valence-electron chi connectivity index (χ4n) is 1.14. The minimum atomic E-state index is 0.677. The Hall–Kier alpha value is -0.715. The van der Waals surface area contributed by atoms with Crippen molar-refractivity contribution in [1.82, 2.24) is 0 Å². The Morgan fingerprint density at radius 2 is 1.64 bits per heavy atom. The molecule has 0 aromatic heterocycles. The molecule has 0 fully saturated rings. The Morgan fingerprint density at radius 3 is 2.09 bits per heavy atom. The molecule has 0 aliphatic rings. The van der Waals surface area contributed by atoms with Gasteiger partial charge in [-0.05, 0) is 11.5 Å². The largest absolute Gasteiger partial charge is 0.105 e. The summed E-state index contributed by atoms with van der Waals surface area (Å²) in [6.45, 7) is 4.54. The van der Waals surface area contributed by atoms with E-state index in [1.54, 1.807) is 0 Å². The minimum Gasteiger partial charge on any atom is -0.0692 e. The first kappa shape index (κ1) is 8.38. The van der Waals surface area contributed by atoms with Gasteiger partial charge in [0, 0.05) is 0 Å². The van der Waals surface area contributed by atoms with Gasteiger partial charge in [0.1, 0.15) is 7.85 Å². The quantitative estimate of drug-likeness (QED) is 0.561. The highest BCUT2D eigenvalue weighted by molar-refractivity contribution is 6.11. The van der Waals surface area contributed by atoms with E-state index >= 15 is 0 Å². The van der Waals surface area contributed by atoms with Crippen LogP contribution in [-0.2, 0) is 0 Å². The van der Waals surface area contributed by atoms with E-state index in [1.165, 1.54) is 5.56 Å². The van der Waals surface area contributed by atoms with Crippen molar-refractivity contribution in [3.05, 3.63) is 35.9 Å². The fourth-order valence-corrected chi connectivity index (χ4v) is 1.14. The third-order valence-corrected chi connectivity index (χ3v) is 2.33. The maximum atomic E-state index is 2.28. The van der Waals surface area contributed by atoms with Crippen LogP contribution in [0, 0.1) is 0 Å². The first-order valence-electron chi connectivity index (χ1n) is 4.26. The molecule has 58 valence electrons. The SMILES string of the molecule is BC(C)C(C)c1ccccc1. The van der Waals surface area contributed by atoms with Gasteiger partial charge in [0.25, 0.3) is 0 Å². The van der Waals surface area contributed by atoms with Crippen molar-refractivity contribution < 1.29 is 0 Å². The van der Waals surface area contributed by atoms with E-state index in [9.17, 15) is 0 Å². The summed E-state index contributed by atoms with van der Waals surface area (Å²) in [4.78, 5) is 0. The molecule has 2 unspecified atom stereocenters. The highest BCUT2D eigenvalue weighted by Crippen LogP contribution is 2.24. The molecule has 0 bridgehead atoms. The van der Waals surface area contributed by atoms with Gasteiger partial charge in [-0.1, -0.05) is 50.0 Å². The van der Waals surface area contributed by atoms with Crippen LogP contribution in [0.3, 0.4) is 0 Å². The zero-order valence-corrected chi connectivity index (χ0v) is 7.54. The lowest BCUT2D eigenvalue weighted by Gasteiger charge is -2.15. The summed E-state index contributed by atoms with van der Waals surface area (Å²) in [5.41, 5.74) is 1.45. The van der Waals surface area contributed by atoms with Crippen molar-refractivity contribution in [3.63, 3.8) is 0 Å². The summed E-state index contributed by atoms with van der Waals surface area (Å²) in [6, 6.07) is 10.7. The highest BCUT2D eigenvalue weighted by Gasteiger charge is 2.07. The van der Waals surface area contributed by atoms with Crippen LogP contribution in [0.15, 0.2) is 30.3 Å². The van der Waals surface area contributed by atoms with Crippen LogP contribution in [-0.4, -0.2) is 7.85 Å². The predicted octanol–water partition coefficient (Wildman–Crippen LogP) is 2.23. The topological polar surface area (TPSA) is 0 Å². The summed E-state index contributed by atoms with van der Waals surface area (Å²) in [6.07, 6.45) is 0. The zero-order chi connectivity index (χ0) is 8.27. The third-order valence-electron chi connectivity index (χ3n) is 2.33. The van der Waals surface area contributed by atoms with Gasteiger partial charge < -0.3 is 0 Å². The van der Waals surface area contributed by atoms with Gasteiger partial charge in [0.15, 0.2) is 0 Å². The van der Waals surface area contributed by atoms with Crippen molar-refractivity contribution in [2.24, 2.45) is 0 Å². The summed E-state index contributed by atoms with van der Waals surface area (Å²) in [5, 5.41) is 0. The van der Waals surface area contributed by atoms with Gasteiger partial charge in [0.2, 0.25) is 0 Å². The standard InChI is InChI=1S/C10H15B/c1-8(9(2)11)10-6-4-3-5-7-10/h3-9H,11H2,1-2H3. The van der Waals surface area contributed by atoms with Crippen molar-refractivity contribution in [1.29, 1.82) is 0 Å². The highest BCUT2D eigenvalue weighted by atomic mass is 14.1. The molecule has 0 aliphatic heterocycles. The second-order valence-corrected chi connectivity index (χ2v) is 3.44. The Kier molecular flexibility index (Phi) is 2.75. The molecular weight excluding hydrogens is 131 g/mol. The van der Waals surface area contributed by atoms with Crippen LogP contribution in [0.2, 0.25) is 5.82 Å². The molecule has 0 amide bonds. The van der Waals surface area contributed by atoms with Crippen molar-refractivity contribution in [2.45, 2.75) is 25.6 Å². The molecule has 1 heteroatoms. The Bertz CT molecular complexity index is 203. The Balaban J connectivity index is 2.77. The van der Waals surface area contributed by atoms with E-state index in [0.717, 1.165) is 5.82 Å². The number of benzene rings is 1. The van der Waals surface area contributed by atoms with Crippen molar-refractivity contribution in [2.75, 3.05) is 0 Å². The van der Waals surface area contributed by atoms with Crippen LogP contribution < -0.4 is 0 Å². The average Bonchev–Trinajstić information content (AvgIpc) is 2.05. The van der Waals surface area contributed by atoms with E-state index in [4.69, 9.17) is 0 Å². The van der Waals surface area contributed by atoms with Gasteiger partial charge in [0.05, 0.1) is 0 Å². The van der Waals surface area contributed by atoms with E-state index in [1.807, 2.05) is 0 Å². The summed E-state index contributed by atoms with van der Waals surface area (Å²) < 4.78 is 0. The molecule has 0 N–H and O–H groups in total. The normalized spacial score (nSPS) is 15.8. The minimum absolute atomic E-state index is 0.677. The first-order chi connectivity index (χ1) is 5.22. The lowest BCUT2D eigenvalue weighted by Crippen LogP contribution is -1.99. The van der Waals surface area contributed by atoms with Gasteiger partial charge in [-0.15, -0.1) is 0 Å². The molecule has 0 aliphatic carbocycles. The van der Waals surface area contributed by atoms with Crippen molar-refractivity contribution in [3.8, 4) is 0 Å². The molecule has 1 rings (SSSR count). The van der Waals surface area contributed by atoms with Crippen molar-refractivity contribution >= 4 is 7.85 Å². The van der Waals surface area contributed by atoms with Crippen LogP contribution in [0.25, 0.3) is 0 Å². The molecular formula is C10H15B. The molecule has 0 radical (unpaired) electrons. The van der Waals surface area contributed by atoms with Gasteiger partial charge in [-0.25, -0.2) is 0 Å². The first-order valence-corrected chi connectivity index (χ1v) is 4.26. The van der Waals surface area contributed by atoms with E-state index in [2.05, 4.69) is 52.0 Å². The van der Waals surface area contributed by atoms with E-state index in [-0.39, 0.29) is 0 Å². The van der Waals surface area contributed by atoms with E-state index < -0.39 is 0 Å². The molecule has 0 saturated carbocycles. The molecule has 11 heavy (non-hydrogen) atoms. The molecule has 1 aromatic rings. The second-order valence-electron chi connectivity index (χ2n) is 3.44. The average molecular weight is 146 g/mol. The number of hydrogen-bond acceptors (Lipinski definition) is 0. The number of rotatable bonds is 2. The maximum Gasteiger partial charge on any atom is 0.105 e. The van der Waals surface area contributed by atoms with Crippen LogP contribution in [0.1, 0.15) is 25.3 Å². The third kappa shape index (κ3) is 2.11. The van der Waals surface area contributed by atoms with Gasteiger partial charge in [-0.2, -0.15) is 0 Å². The molecule has 0 heterocycles. The Labute approximate surface area is 70.0 Å². The molecule has 0 saturated heterocycles. The van der Waals surface area contributed by atoms with Gasteiger partial charge >= 0.3 is 0 Å². The Morgan fingerprint density at radius 1 is 1.09 bits per heavy atom. The van der Waals surface area contributed by atoms with Gasteiger partial charge in [-0.3, -0.25) is 0 Å². The second kappa shape index (κ2) is 3.61. The van der Waals surface area contributed by atoms with Crippen LogP contribution in [0.5, 0.6) is 0 Å². The monoisotopic (exact) mass is 146 g/mol. The smallest absolute Gasteiger partial charge is 0.0692 e. The lowest BCUT2D eigenvalue weighted by atomic mass is 9.76. The molecule has 1 aromatic carbocycles. The number of hydrogen-bond donors (Lipinski definition) is 0. The van der Waals surface area contributed by atoms with E-state index in [0.29, 0.717) is 5.92 Å². The molecule has 0 nitrogen and oxygen atoms in total. The van der Waals surface area contributed by atoms with Crippen LogP contribution in [0.4, 0.5) is 0 Å². The summed E-state index contributed by atoms with van der Waals surface area (Å²) in [7, 11) is 2.26. The molecule has 2 atom stereocenters. The zero-order valence-electron chi connectivity index (χ0n) is 7.54. The fraction of sp³-hybridized carbons (Fsp3) is 0.400. The summed E-state index contributed by atoms with van der Waals surface area (Å²) >= 11 is 0.